The van der Waals surface area contributed by atoms with Gasteiger partial charge in [-0.05, 0) is 0 Å². The Bertz CT molecular complexity index is 248. The van der Waals surface area contributed by atoms with Crippen LogP contribution in [0.15, 0.2) is 0 Å². The van der Waals surface area contributed by atoms with Crippen LogP contribution in [0.4, 0.5) is 0 Å². The van der Waals surface area contributed by atoms with Gasteiger partial charge in [-0.1, -0.05) is 0 Å². The van der Waals surface area contributed by atoms with Gasteiger partial charge in [0.1, 0.15) is 12.5 Å². The molecule has 6 heteroatoms. The third-order valence-corrected chi connectivity index (χ3v) is 1.84. The van der Waals surface area contributed by atoms with Gasteiger partial charge in [0.2, 0.25) is 11.8 Å². The van der Waals surface area contributed by atoms with Crippen molar-refractivity contribution >= 4 is 17.8 Å². The highest BCUT2D eigenvalue weighted by atomic mass is 16.4. The Hall–Kier alpha value is -1.43. The minimum Gasteiger partial charge on any atom is -0.480 e. The van der Waals surface area contributed by atoms with E-state index in [0.29, 0.717) is 4.90 Å². The number of rotatable bonds is 4. The molecule has 1 atom stereocenters. The summed E-state index contributed by atoms with van der Waals surface area (Å²) in [6.45, 7) is -0.367. The molecule has 1 saturated heterocycles. The van der Waals surface area contributed by atoms with Gasteiger partial charge in [0.25, 0.3) is 0 Å². The number of likely N-dealkylation sites (tertiary alicyclic amines) is 1. The molecule has 0 radical (unpaired) electrons. The predicted octanol–water partition coefficient (Wildman–Crippen LogP) is -1.42. The SMILES string of the molecule is O=C(O)[C@H](CCO)N1C(=O)CC1=O. The van der Waals surface area contributed by atoms with Crippen LogP contribution in [-0.4, -0.2) is 45.5 Å². The lowest BCUT2D eigenvalue weighted by Gasteiger charge is -2.33. The Labute approximate surface area is 73.8 Å². The molecule has 2 N–H and O–H groups in total. The second-order valence-corrected chi connectivity index (χ2v) is 2.70. The zero-order chi connectivity index (χ0) is 10.0. The van der Waals surface area contributed by atoms with E-state index in [2.05, 4.69) is 0 Å². The van der Waals surface area contributed by atoms with Crippen LogP contribution in [0.3, 0.4) is 0 Å². The molecule has 1 heterocycles. The number of hydrogen-bond donors (Lipinski definition) is 2. The Kier molecular flexibility index (Phi) is 2.62. The number of amides is 2. The van der Waals surface area contributed by atoms with E-state index in [4.69, 9.17) is 10.2 Å². The zero-order valence-electron chi connectivity index (χ0n) is 6.77. The first-order valence-electron chi connectivity index (χ1n) is 3.76. The number of nitrogens with zero attached hydrogens (tertiary/aromatic N) is 1. The van der Waals surface area contributed by atoms with Crippen LogP contribution in [0.25, 0.3) is 0 Å². The average Bonchev–Trinajstić information content (AvgIpc) is 2.03. The highest BCUT2D eigenvalue weighted by Crippen LogP contribution is 2.17. The molecule has 1 aliphatic rings. The summed E-state index contributed by atoms with van der Waals surface area (Å²) in [6.07, 6.45) is -0.345. The van der Waals surface area contributed by atoms with Gasteiger partial charge in [0.05, 0.1) is 0 Å². The number of carbonyl (C=O) groups is 3. The highest BCUT2D eigenvalue weighted by Gasteiger charge is 2.42. The maximum Gasteiger partial charge on any atom is 0.327 e. The van der Waals surface area contributed by atoms with E-state index in [-0.39, 0.29) is 19.4 Å². The molecule has 0 spiro atoms. The number of carbonyl (C=O) groups excluding carboxylic acids is 2. The van der Waals surface area contributed by atoms with Gasteiger partial charge < -0.3 is 10.2 Å². The van der Waals surface area contributed by atoms with Crippen molar-refractivity contribution in [3.63, 3.8) is 0 Å². The summed E-state index contributed by atoms with van der Waals surface area (Å²) in [5.41, 5.74) is 0. The third-order valence-electron chi connectivity index (χ3n) is 1.84. The molecular weight excluding hydrogens is 178 g/mol. The Morgan fingerprint density at radius 2 is 2.00 bits per heavy atom. The minimum absolute atomic E-state index is 0.118. The smallest absolute Gasteiger partial charge is 0.327 e. The molecule has 1 aliphatic heterocycles. The summed E-state index contributed by atoms with van der Waals surface area (Å²) in [5.74, 6) is -2.26. The van der Waals surface area contributed by atoms with E-state index >= 15 is 0 Å². The molecule has 0 unspecified atom stereocenters. The maximum atomic E-state index is 10.8. The predicted molar refractivity (Wildman–Crippen MR) is 39.6 cm³/mol. The fraction of sp³-hybridized carbons (Fsp3) is 0.571. The van der Waals surface area contributed by atoms with E-state index in [1.807, 2.05) is 0 Å². The Morgan fingerprint density at radius 3 is 2.31 bits per heavy atom. The molecule has 0 bridgehead atoms. The lowest BCUT2D eigenvalue weighted by atomic mass is 10.1. The third kappa shape index (κ3) is 1.67. The van der Waals surface area contributed by atoms with Crippen LogP contribution in [-0.2, 0) is 14.4 Å². The van der Waals surface area contributed by atoms with Crippen LogP contribution in [0, 0.1) is 0 Å². The first-order chi connectivity index (χ1) is 6.07. The molecule has 1 rings (SSSR count). The van der Waals surface area contributed by atoms with Crippen molar-refractivity contribution in [2.24, 2.45) is 0 Å². The van der Waals surface area contributed by atoms with Crippen molar-refractivity contribution in [2.75, 3.05) is 6.61 Å². The van der Waals surface area contributed by atoms with Crippen LogP contribution >= 0.6 is 0 Å². The summed E-state index contributed by atoms with van der Waals surface area (Å²) < 4.78 is 0. The number of aliphatic carboxylic acids is 1. The molecule has 0 aromatic rings. The summed E-state index contributed by atoms with van der Waals surface area (Å²) in [7, 11) is 0. The van der Waals surface area contributed by atoms with Gasteiger partial charge in [0, 0.05) is 13.0 Å². The number of imide groups is 1. The van der Waals surface area contributed by atoms with Gasteiger partial charge in [-0.25, -0.2) is 4.79 Å². The number of carboxylic acid groups (broad SMARTS) is 1. The van der Waals surface area contributed by atoms with Crippen molar-refractivity contribution in [1.29, 1.82) is 0 Å². The van der Waals surface area contributed by atoms with E-state index < -0.39 is 23.8 Å². The van der Waals surface area contributed by atoms with E-state index in [0.717, 1.165) is 0 Å². The van der Waals surface area contributed by atoms with Crippen LogP contribution in [0.5, 0.6) is 0 Å². The number of aliphatic hydroxyl groups excluding tert-OH is 1. The van der Waals surface area contributed by atoms with Crippen LogP contribution in [0.1, 0.15) is 12.8 Å². The molecule has 2 amide bonds. The number of carboxylic acids is 1. The summed E-state index contributed by atoms with van der Waals surface area (Å²) in [4.78, 5) is 32.9. The number of aliphatic hydroxyl groups is 1. The van der Waals surface area contributed by atoms with Gasteiger partial charge in [-0.15, -0.1) is 0 Å². The minimum atomic E-state index is -1.27. The van der Waals surface area contributed by atoms with Gasteiger partial charge in [0.15, 0.2) is 0 Å². The van der Waals surface area contributed by atoms with E-state index in [1.54, 1.807) is 0 Å². The molecule has 1 fully saturated rings. The Balaban J connectivity index is 2.69. The quantitative estimate of drug-likeness (QED) is 0.416. The molecule has 0 aliphatic carbocycles. The number of β-lactam (4-membered cyclic amide) rings is 2. The van der Waals surface area contributed by atoms with Crippen molar-refractivity contribution < 1.29 is 24.6 Å². The van der Waals surface area contributed by atoms with Crippen LogP contribution < -0.4 is 0 Å². The zero-order valence-corrected chi connectivity index (χ0v) is 6.77. The summed E-state index contributed by atoms with van der Waals surface area (Å²) in [6, 6.07) is -1.21. The molecule has 0 aromatic heterocycles. The van der Waals surface area contributed by atoms with Crippen LogP contribution in [0.2, 0.25) is 0 Å². The number of hydrogen-bond acceptors (Lipinski definition) is 4. The van der Waals surface area contributed by atoms with Crippen molar-refractivity contribution in [3.8, 4) is 0 Å². The monoisotopic (exact) mass is 187 g/mol. The standard InChI is InChI=1S/C7H9NO5/c9-2-1-4(7(12)13)8-5(10)3-6(8)11/h4,9H,1-3H2,(H,12,13)/t4-/m0/s1. The first kappa shape index (κ1) is 9.66. The lowest BCUT2D eigenvalue weighted by Crippen LogP contribution is -2.57. The van der Waals surface area contributed by atoms with E-state index in [1.165, 1.54) is 0 Å². The van der Waals surface area contributed by atoms with Gasteiger partial charge in [-0.2, -0.15) is 0 Å². The van der Waals surface area contributed by atoms with Gasteiger partial charge >= 0.3 is 5.97 Å². The molecule has 13 heavy (non-hydrogen) atoms. The highest BCUT2D eigenvalue weighted by molar-refractivity contribution is 6.16. The van der Waals surface area contributed by atoms with Crippen molar-refractivity contribution in [2.45, 2.75) is 18.9 Å². The summed E-state index contributed by atoms with van der Waals surface area (Å²) in [5, 5.41) is 17.1. The van der Waals surface area contributed by atoms with Gasteiger partial charge in [-0.3, -0.25) is 14.5 Å². The van der Waals surface area contributed by atoms with E-state index in [9.17, 15) is 14.4 Å². The summed E-state index contributed by atoms with van der Waals surface area (Å²) >= 11 is 0. The second kappa shape index (κ2) is 3.53. The Morgan fingerprint density at radius 1 is 1.46 bits per heavy atom. The maximum absolute atomic E-state index is 10.8. The van der Waals surface area contributed by atoms with Crippen molar-refractivity contribution in [3.05, 3.63) is 0 Å². The second-order valence-electron chi connectivity index (χ2n) is 2.70. The molecule has 0 saturated carbocycles. The normalized spacial score (nSPS) is 18.4. The topological polar surface area (TPSA) is 94.9 Å². The lowest BCUT2D eigenvalue weighted by molar-refractivity contribution is -0.168. The molecule has 0 aromatic carbocycles. The first-order valence-corrected chi connectivity index (χ1v) is 3.76. The fourth-order valence-corrected chi connectivity index (χ4v) is 1.18. The average molecular weight is 187 g/mol. The largest absolute Gasteiger partial charge is 0.480 e. The fourth-order valence-electron chi connectivity index (χ4n) is 1.18. The molecular formula is C7H9NO5. The van der Waals surface area contributed by atoms with Crippen molar-refractivity contribution in [1.82, 2.24) is 4.90 Å². The molecule has 72 valence electrons. The molecule has 6 nitrogen and oxygen atoms in total.